The zero-order valence-electron chi connectivity index (χ0n) is 13.3. The number of pyridine rings is 2. The molecule has 3 heterocycles. The maximum Gasteiger partial charge on any atom is 0.144 e. The second-order valence-corrected chi connectivity index (χ2v) is 6.71. The van der Waals surface area contributed by atoms with Crippen molar-refractivity contribution in [2.24, 2.45) is 0 Å². The largest absolute Gasteiger partial charge is 0.380 e. The Morgan fingerprint density at radius 1 is 1.35 bits per heavy atom. The highest BCUT2D eigenvalue weighted by Gasteiger charge is 2.12. The number of hydrogen-bond donors (Lipinski definition) is 2. The summed E-state index contributed by atoms with van der Waals surface area (Å²) in [4.78, 5) is 11.8. The molecule has 0 spiro atoms. The molecule has 0 bridgehead atoms. The van der Waals surface area contributed by atoms with Crippen LogP contribution in [-0.2, 0) is 17.5 Å². The standard InChI is InChI=1S/C16H19N5OS/c1-11-9-20-15-13(6-8-17-15)14(11)19-10-12-5-4-7-18-16(12)21(2)23(3)22/h4-9H,10H2,1-3H3,(H2,17,19,20). The van der Waals surface area contributed by atoms with E-state index in [-0.39, 0.29) is 0 Å². The van der Waals surface area contributed by atoms with Crippen LogP contribution in [0.25, 0.3) is 11.0 Å². The number of nitrogens with zero attached hydrogens (tertiary/aromatic N) is 3. The normalized spacial score (nSPS) is 12.3. The third kappa shape index (κ3) is 3.05. The Kier molecular flexibility index (Phi) is 4.29. The molecule has 0 saturated carbocycles. The van der Waals surface area contributed by atoms with Crippen LogP contribution in [0.15, 0.2) is 36.8 Å². The highest BCUT2D eigenvalue weighted by atomic mass is 32.2. The van der Waals surface area contributed by atoms with Gasteiger partial charge >= 0.3 is 0 Å². The van der Waals surface area contributed by atoms with E-state index in [4.69, 9.17) is 0 Å². The number of aromatic nitrogens is 3. The summed E-state index contributed by atoms with van der Waals surface area (Å²) >= 11 is 0. The average molecular weight is 329 g/mol. The molecule has 0 saturated heterocycles. The number of anilines is 2. The molecule has 23 heavy (non-hydrogen) atoms. The van der Waals surface area contributed by atoms with E-state index in [0.29, 0.717) is 6.54 Å². The lowest BCUT2D eigenvalue weighted by atomic mass is 10.2. The Hall–Kier alpha value is -2.41. The summed E-state index contributed by atoms with van der Waals surface area (Å²) in [6.45, 7) is 2.62. The summed E-state index contributed by atoms with van der Waals surface area (Å²) in [5.41, 5.74) is 3.97. The Bertz CT molecular complexity index is 861. The number of rotatable bonds is 5. The van der Waals surface area contributed by atoms with Crippen molar-refractivity contribution in [1.29, 1.82) is 0 Å². The first kappa shape index (κ1) is 15.5. The number of fused-ring (bicyclic) bond motifs is 1. The van der Waals surface area contributed by atoms with Crippen LogP contribution in [0.1, 0.15) is 11.1 Å². The fourth-order valence-electron chi connectivity index (χ4n) is 2.50. The molecule has 7 heteroatoms. The van der Waals surface area contributed by atoms with Crippen LogP contribution >= 0.6 is 0 Å². The van der Waals surface area contributed by atoms with Crippen LogP contribution in [0, 0.1) is 6.92 Å². The third-order valence-corrected chi connectivity index (χ3v) is 4.73. The molecule has 1 atom stereocenters. The fourth-order valence-corrected chi connectivity index (χ4v) is 2.91. The molecule has 1 unspecified atom stereocenters. The average Bonchev–Trinajstić information content (AvgIpc) is 3.02. The van der Waals surface area contributed by atoms with Gasteiger partial charge in [0.1, 0.15) is 22.5 Å². The van der Waals surface area contributed by atoms with Crippen molar-refractivity contribution in [1.82, 2.24) is 15.0 Å². The van der Waals surface area contributed by atoms with Crippen LogP contribution in [0.2, 0.25) is 0 Å². The molecule has 0 aliphatic heterocycles. The van der Waals surface area contributed by atoms with E-state index in [0.717, 1.165) is 33.7 Å². The van der Waals surface area contributed by atoms with Gasteiger partial charge in [0.2, 0.25) is 0 Å². The molecule has 2 N–H and O–H groups in total. The number of hydrogen-bond acceptors (Lipinski definition) is 4. The molecule has 3 rings (SSSR count). The van der Waals surface area contributed by atoms with Gasteiger partial charge in [0.25, 0.3) is 0 Å². The molecule has 0 aliphatic carbocycles. The quantitative estimate of drug-likeness (QED) is 0.754. The van der Waals surface area contributed by atoms with Crippen LogP contribution in [0.4, 0.5) is 11.5 Å². The first-order chi connectivity index (χ1) is 11.1. The molecule has 3 aromatic rings. The Labute approximate surface area is 137 Å². The lowest BCUT2D eigenvalue weighted by molar-refractivity contribution is 0.685. The smallest absolute Gasteiger partial charge is 0.144 e. The van der Waals surface area contributed by atoms with E-state index in [2.05, 4.69) is 20.3 Å². The van der Waals surface area contributed by atoms with Gasteiger partial charge in [-0.05, 0) is 24.6 Å². The summed E-state index contributed by atoms with van der Waals surface area (Å²) in [6, 6.07) is 5.89. The minimum Gasteiger partial charge on any atom is -0.380 e. The first-order valence-electron chi connectivity index (χ1n) is 7.25. The van der Waals surface area contributed by atoms with E-state index in [1.807, 2.05) is 37.5 Å². The minimum atomic E-state index is -1.11. The van der Waals surface area contributed by atoms with E-state index >= 15 is 0 Å². The minimum absolute atomic E-state index is 0.593. The molecule has 0 aromatic carbocycles. The van der Waals surface area contributed by atoms with Gasteiger partial charge in [-0.25, -0.2) is 14.2 Å². The number of nitrogens with one attached hydrogen (secondary N) is 2. The van der Waals surface area contributed by atoms with E-state index in [1.54, 1.807) is 23.8 Å². The van der Waals surface area contributed by atoms with Crippen molar-refractivity contribution < 1.29 is 4.21 Å². The predicted molar refractivity (Wildman–Crippen MR) is 94.9 cm³/mol. The molecular weight excluding hydrogens is 310 g/mol. The maximum absolute atomic E-state index is 11.7. The number of aromatic amines is 1. The number of H-pyrrole nitrogens is 1. The van der Waals surface area contributed by atoms with Crippen molar-refractivity contribution in [3.05, 3.63) is 47.9 Å². The van der Waals surface area contributed by atoms with E-state index in [1.165, 1.54) is 0 Å². The summed E-state index contributed by atoms with van der Waals surface area (Å²) in [5.74, 6) is 0.720. The molecule has 0 radical (unpaired) electrons. The lowest BCUT2D eigenvalue weighted by Crippen LogP contribution is -2.22. The molecule has 0 aliphatic rings. The summed E-state index contributed by atoms with van der Waals surface area (Å²) in [7, 11) is 0.670. The van der Waals surface area contributed by atoms with Gasteiger partial charge in [-0.1, -0.05) is 6.07 Å². The molecule has 3 aromatic heterocycles. The Morgan fingerprint density at radius 3 is 2.96 bits per heavy atom. The molecule has 0 amide bonds. The third-order valence-electron chi connectivity index (χ3n) is 3.78. The van der Waals surface area contributed by atoms with Crippen LogP contribution in [-0.4, -0.2) is 32.5 Å². The first-order valence-corrected chi connectivity index (χ1v) is 8.77. The van der Waals surface area contributed by atoms with Gasteiger partial charge in [0.15, 0.2) is 0 Å². The number of aryl methyl sites for hydroxylation is 1. The summed E-state index contributed by atoms with van der Waals surface area (Å²) in [6.07, 6.45) is 7.08. The zero-order chi connectivity index (χ0) is 16.4. The molecule has 6 nitrogen and oxygen atoms in total. The van der Waals surface area contributed by atoms with Gasteiger partial charge in [-0.15, -0.1) is 0 Å². The van der Waals surface area contributed by atoms with Crippen LogP contribution < -0.4 is 9.62 Å². The van der Waals surface area contributed by atoms with Gasteiger partial charge in [-0.3, -0.25) is 4.31 Å². The summed E-state index contributed by atoms with van der Waals surface area (Å²) in [5, 5.41) is 4.53. The molecule has 0 fully saturated rings. The topological polar surface area (TPSA) is 73.9 Å². The Balaban J connectivity index is 1.90. The highest BCUT2D eigenvalue weighted by molar-refractivity contribution is 7.85. The van der Waals surface area contributed by atoms with Crippen molar-refractivity contribution in [2.45, 2.75) is 13.5 Å². The van der Waals surface area contributed by atoms with Gasteiger partial charge in [-0.2, -0.15) is 0 Å². The monoisotopic (exact) mass is 329 g/mol. The second-order valence-electron chi connectivity index (χ2n) is 5.32. The van der Waals surface area contributed by atoms with Crippen LogP contribution in [0.5, 0.6) is 0 Å². The van der Waals surface area contributed by atoms with Gasteiger partial charge < -0.3 is 10.3 Å². The maximum atomic E-state index is 11.7. The SMILES string of the molecule is Cc1cnc2[nH]ccc2c1NCc1cccnc1N(C)S(C)=O. The fraction of sp³-hybridized carbons (Fsp3) is 0.250. The van der Waals surface area contributed by atoms with Crippen LogP contribution in [0.3, 0.4) is 0 Å². The van der Waals surface area contributed by atoms with E-state index in [9.17, 15) is 4.21 Å². The highest BCUT2D eigenvalue weighted by Crippen LogP contribution is 2.26. The lowest BCUT2D eigenvalue weighted by Gasteiger charge is -2.19. The molecular formula is C16H19N5OS. The van der Waals surface area contributed by atoms with Crippen molar-refractivity contribution >= 4 is 33.5 Å². The zero-order valence-corrected chi connectivity index (χ0v) is 14.1. The van der Waals surface area contributed by atoms with Gasteiger partial charge in [0.05, 0.1) is 0 Å². The van der Waals surface area contributed by atoms with Gasteiger partial charge in [0, 0.05) is 55.1 Å². The molecule has 120 valence electrons. The summed E-state index contributed by atoms with van der Waals surface area (Å²) < 4.78 is 13.4. The van der Waals surface area contributed by atoms with E-state index < -0.39 is 11.0 Å². The Morgan fingerprint density at radius 2 is 2.17 bits per heavy atom. The predicted octanol–water partition coefficient (Wildman–Crippen LogP) is 2.61. The van der Waals surface area contributed by atoms with Crippen molar-refractivity contribution in [2.75, 3.05) is 22.9 Å². The van der Waals surface area contributed by atoms with Crippen molar-refractivity contribution in [3.63, 3.8) is 0 Å². The van der Waals surface area contributed by atoms with Crippen molar-refractivity contribution in [3.8, 4) is 0 Å². The second kappa shape index (κ2) is 6.37.